The first kappa shape index (κ1) is 16.0. The topological polar surface area (TPSA) is 72.6 Å². The van der Waals surface area contributed by atoms with Crippen LogP contribution in [0.5, 0.6) is 5.75 Å². The van der Waals surface area contributed by atoms with E-state index in [1.165, 1.54) is 5.56 Å². The van der Waals surface area contributed by atoms with Crippen LogP contribution in [0, 0.1) is 6.92 Å². The minimum atomic E-state index is -0.554. The van der Waals surface area contributed by atoms with Gasteiger partial charge in [-0.3, -0.25) is 9.59 Å². The number of benzene rings is 1. The Labute approximate surface area is 133 Å². The Morgan fingerprint density at radius 1 is 1.32 bits per heavy atom. The van der Waals surface area contributed by atoms with Gasteiger partial charge in [-0.15, -0.1) is 11.3 Å². The molecule has 2 aromatic rings. The zero-order valence-electron chi connectivity index (χ0n) is 12.5. The van der Waals surface area contributed by atoms with Crippen LogP contribution in [0.15, 0.2) is 35.7 Å². The minimum absolute atomic E-state index is 0.0997. The van der Waals surface area contributed by atoms with Crippen LogP contribution >= 0.6 is 11.3 Å². The van der Waals surface area contributed by atoms with Crippen molar-refractivity contribution in [2.75, 3.05) is 13.7 Å². The molecule has 0 spiro atoms. The van der Waals surface area contributed by atoms with E-state index in [2.05, 4.69) is 0 Å². The summed E-state index contributed by atoms with van der Waals surface area (Å²) in [5.41, 5.74) is 6.73. The summed E-state index contributed by atoms with van der Waals surface area (Å²) < 4.78 is 5.22. The van der Waals surface area contributed by atoms with Crippen molar-refractivity contribution < 1.29 is 14.3 Å². The van der Waals surface area contributed by atoms with Crippen molar-refractivity contribution >= 4 is 23.2 Å². The van der Waals surface area contributed by atoms with Crippen molar-refractivity contribution in [1.29, 1.82) is 0 Å². The van der Waals surface area contributed by atoms with Gasteiger partial charge < -0.3 is 15.4 Å². The molecule has 0 saturated heterocycles. The third-order valence-electron chi connectivity index (χ3n) is 3.16. The van der Waals surface area contributed by atoms with E-state index in [-0.39, 0.29) is 12.5 Å². The van der Waals surface area contributed by atoms with Gasteiger partial charge in [0.25, 0.3) is 11.8 Å². The number of hydrogen-bond donors (Lipinski definition) is 1. The van der Waals surface area contributed by atoms with Gasteiger partial charge in [0, 0.05) is 17.5 Å². The lowest BCUT2D eigenvalue weighted by Crippen LogP contribution is -2.26. The number of ether oxygens (including phenoxy) is 1. The number of carbonyl (C=O) groups is 2. The summed E-state index contributed by atoms with van der Waals surface area (Å²) in [6.07, 6.45) is 0. The highest BCUT2D eigenvalue weighted by Gasteiger charge is 2.14. The highest BCUT2D eigenvalue weighted by molar-refractivity contribution is 7.10. The van der Waals surface area contributed by atoms with Gasteiger partial charge in [0.2, 0.25) is 0 Å². The lowest BCUT2D eigenvalue weighted by molar-refractivity contribution is -0.119. The fourth-order valence-electron chi connectivity index (χ4n) is 1.95. The Morgan fingerprint density at radius 2 is 2.09 bits per heavy atom. The van der Waals surface area contributed by atoms with Crippen LogP contribution in [0.25, 0.3) is 0 Å². The Bertz CT molecular complexity index is 682. The second kappa shape index (κ2) is 7.09. The van der Waals surface area contributed by atoms with Crippen molar-refractivity contribution in [3.05, 3.63) is 51.7 Å². The first-order chi connectivity index (χ1) is 10.5. The Kier molecular flexibility index (Phi) is 5.16. The van der Waals surface area contributed by atoms with Gasteiger partial charge in [-0.2, -0.15) is 0 Å². The third kappa shape index (κ3) is 4.08. The maximum Gasteiger partial charge on any atom is 0.255 e. The zero-order valence-corrected chi connectivity index (χ0v) is 13.4. The molecule has 1 heterocycles. The lowest BCUT2D eigenvalue weighted by atomic mass is 10.2. The molecule has 5 nitrogen and oxygen atoms in total. The normalized spacial score (nSPS) is 10.3. The van der Waals surface area contributed by atoms with Crippen molar-refractivity contribution in [2.45, 2.75) is 13.5 Å². The number of nitrogens with two attached hydrogens (primary N) is 1. The second-order valence-corrected chi connectivity index (χ2v) is 5.97. The quantitative estimate of drug-likeness (QED) is 0.887. The molecule has 0 radical (unpaired) electrons. The molecule has 116 valence electrons. The predicted octanol–water partition coefficient (Wildman–Crippen LogP) is 2.19. The van der Waals surface area contributed by atoms with E-state index in [4.69, 9.17) is 10.5 Å². The van der Waals surface area contributed by atoms with Crippen LogP contribution in [0.1, 0.15) is 20.8 Å². The van der Waals surface area contributed by atoms with Gasteiger partial charge in [-0.1, -0.05) is 6.07 Å². The summed E-state index contributed by atoms with van der Waals surface area (Å²) in [6.45, 7) is 2.39. The van der Waals surface area contributed by atoms with E-state index in [9.17, 15) is 9.59 Å². The molecule has 6 heteroatoms. The molecular weight excluding hydrogens is 300 g/mol. The van der Waals surface area contributed by atoms with Crippen LogP contribution in [-0.4, -0.2) is 30.4 Å². The van der Waals surface area contributed by atoms with Crippen LogP contribution in [0.2, 0.25) is 0 Å². The number of amides is 2. The SMILES string of the molecule is Cc1ccsc1CN(C)C(=O)c1cccc(OCC(N)=O)c1. The number of carbonyl (C=O) groups excluding carboxylic acids is 2. The number of rotatable bonds is 6. The van der Waals surface area contributed by atoms with Gasteiger partial charge in [0.1, 0.15) is 5.75 Å². The van der Waals surface area contributed by atoms with E-state index in [1.54, 1.807) is 47.5 Å². The first-order valence-electron chi connectivity index (χ1n) is 6.77. The molecule has 1 aromatic heterocycles. The van der Waals surface area contributed by atoms with E-state index in [0.29, 0.717) is 17.9 Å². The smallest absolute Gasteiger partial charge is 0.255 e. The van der Waals surface area contributed by atoms with E-state index in [1.807, 2.05) is 18.4 Å². The summed E-state index contributed by atoms with van der Waals surface area (Å²) in [6, 6.07) is 8.77. The van der Waals surface area contributed by atoms with E-state index in [0.717, 1.165) is 4.88 Å². The molecular formula is C16H18N2O3S. The van der Waals surface area contributed by atoms with Gasteiger partial charge >= 0.3 is 0 Å². The third-order valence-corrected chi connectivity index (χ3v) is 4.17. The highest BCUT2D eigenvalue weighted by atomic mass is 32.1. The maximum atomic E-state index is 12.5. The monoisotopic (exact) mass is 318 g/mol. The summed E-state index contributed by atoms with van der Waals surface area (Å²) >= 11 is 1.63. The number of thiophene rings is 1. The van der Waals surface area contributed by atoms with Crippen molar-refractivity contribution in [3.8, 4) is 5.75 Å². The number of nitrogens with zero attached hydrogens (tertiary/aromatic N) is 1. The first-order valence-corrected chi connectivity index (χ1v) is 7.65. The van der Waals surface area contributed by atoms with E-state index < -0.39 is 5.91 Å². The summed E-state index contributed by atoms with van der Waals surface area (Å²) in [7, 11) is 1.76. The average Bonchev–Trinajstić information content (AvgIpc) is 2.90. The lowest BCUT2D eigenvalue weighted by Gasteiger charge is -2.17. The summed E-state index contributed by atoms with van der Waals surface area (Å²) in [4.78, 5) is 26.0. The zero-order chi connectivity index (χ0) is 16.1. The second-order valence-electron chi connectivity index (χ2n) is 4.97. The van der Waals surface area contributed by atoms with E-state index >= 15 is 0 Å². The number of hydrogen-bond acceptors (Lipinski definition) is 4. The van der Waals surface area contributed by atoms with Gasteiger partial charge in [0.05, 0.1) is 6.54 Å². The van der Waals surface area contributed by atoms with Gasteiger partial charge in [0.15, 0.2) is 6.61 Å². The standard InChI is InChI=1S/C16H18N2O3S/c1-11-6-7-22-14(11)9-18(2)16(20)12-4-3-5-13(8-12)21-10-15(17)19/h3-8H,9-10H2,1-2H3,(H2,17,19). The molecule has 2 amide bonds. The van der Waals surface area contributed by atoms with Crippen molar-refractivity contribution in [3.63, 3.8) is 0 Å². The Morgan fingerprint density at radius 3 is 2.73 bits per heavy atom. The summed E-state index contributed by atoms with van der Waals surface area (Å²) in [5.74, 6) is -0.204. The molecule has 0 aliphatic carbocycles. The molecule has 0 fully saturated rings. The largest absolute Gasteiger partial charge is 0.484 e. The minimum Gasteiger partial charge on any atom is -0.484 e. The molecule has 1 aromatic carbocycles. The fraction of sp³-hybridized carbons (Fsp3) is 0.250. The number of primary amides is 1. The van der Waals surface area contributed by atoms with Crippen LogP contribution < -0.4 is 10.5 Å². The highest BCUT2D eigenvalue weighted by Crippen LogP contribution is 2.19. The van der Waals surface area contributed by atoms with Crippen LogP contribution in [-0.2, 0) is 11.3 Å². The predicted molar refractivity (Wildman–Crippen MR) is 86.0 cm³/mol. The Balaban J connectivity index is 2.06. The molecule has 0 unspecified atom stereocenters. The average molecular weight is 318 g/mol. The molecule has 2 N–H and O–H groups in total. The van der Waals surface area contributed by atoms with Gasteiger partial charge in [-0.05, 0) is 42.1 Å². The van der Waals surface area contributed by atoms with Crippen LogP contribution in [0.3, 0.4) is 0 Å². The molecule has 0 bridgehead atoms. The molecule has 0 aliphatic rings. The fourth-order valence-corrected chi connectivity index (χ4v) is 2.91. The van der Waals surface area contributed by atoms with Gasteiger partial charge in [-0.25, -0.2) is 0 Å². The molecule has 0 atom stereocenters. The van der Waals surface area contributed by atoms with Crippen molar-refractivity contribution in [2.24, 2.45) is 5.73 Å². The summed E-state index contributed by atoms with van der Waals surface area (Å²) in [5, 5.41) is 2.02. The van der Waals surface area contributed by atoms with Crippen molar-refractivity contribution in [1.82, 2.24) is 4.90 Å². The Hall–Kier alpha value is -2.34. The molecule has 0 aliphatic heterocycles. The maximum absolute atomic E-state index is 12.5. The number of aryl methyl sites for hydroxylation is 1. The molecule has 2 rings (SSSR count). The molecule has 22 heavy (non-hydrogen) atoms. The van der Waals surface area contributed by atoms with Crippen LogP contribution in [0.4, 0.5) is 0 Å². The molecule has 0 saturated carbocycles.